The lowest BCUT2D eigenvalue weighted by Crippen LogP contribution is -2.45. The van der Waals surface area contributed by atoms with Gasteiger partial charge in [-0.1, -0.05) is 134 Å². The highest BCUT2D eigenvalue weighted by Gasteiger charge is 2.54. The largest absolute Gasteiger partial charge is 0.293 e. The van der Waals surface area contributed by atoms with Crippen LogP contribution < -0.4 is 0 Å². The van der Waals surface area contributed by atoms with Crippen LogP contribution in [0, 0.1) is 11.8 Å². The van der Waals surface area contributed by atoms with Crippen molar-refractivity contribution in [2.75, 3.05) is 0 Å². The number of hydrogen-bond donors (Lipinski definition) is 0. The second-order valence-electron chi connectivity index (χ2n) is 8.76. The van der Waals surface area contributed by atoms with Gasteiger partial charge in [0, 0.05) is 5.56 Å². The van der Waals surface area contributed by atoms with E-state index < -0.39 is 5.41 Å². The topological polar surface area (TPSA) is 17.1 Å². The molecule has 3 aliphatic rings. The maximum absolute atomic E-state index is 14.5. The van der Waals surface area contributed by atoms with Crippen LogP contribution in [0.25, 0.3) is 10.8 Å². The van der Waals surface area contributed by atoms with Crippen LogP contribution in [0.15, 0.2) is 134 Å². The first-order chi connectivity index (χ1) is 16.3. The Bertz CT molecular complexity index is 1230. The fourth-order valence-electron chi connectivity index (χ4n) is 5.58. The molecule has 1 heteroatoms. The fraction of sp³-hybridized carbons (Fsp3) is 0.156. The van der Waals surface area contributed by atoms with E-state index in [9.17, 15) is 4.79 Å². The fourth-order valence-corrected chi connectivity index (χ4v) is 5.58. The minimum atomic E-state index is -0.668. The molecule has 2 unspecified atom stereocenters. The van der Waals surface area contributed by atoms with Crippen LogP contribution in [-0.2, 0) is 5.41 Å². The molecule has 0 aliphatic heterocycles. The highest BCUT2D eigenvalue weighted by Crippen LogP contribution is 2.54. The molecule has 2 aromatic carbocycles. The van der Waals surface area contributed by atoms with Crippen molar-refractivity contribution >= 4 is 16.6 Å². The summed E-state index contributed by atoms with van der Waals surface area (Å²) in [6, 6.07) is 12.6. The Kier molecular flexibility index (Phi) is 6.04. The van der Waals surface area contributed by atoms with Gasteiger partial charge in [0.05, 0.1) is 5.41 Å². The maximum atomic E-state index is 14.5. The van der Waals surface area contributed by atoms with Crippen molar-refractivity contribution in [3.05, 3.63) is 145 Å². The lowest BCUT2D eigenvalue weighted by molar-refractivity contribution is 0.0800. The van der Waals surface area contributed by atoms with Crippen LogP contribution >= 0.6 is 0 Å². The Morgan fingerprint density at radius 2 is 1.12 bits per heavy atom. The van der Waals surface area contributed by atoms with Gasteiger partial charge < -0.3 is 0 Å². The zero-order valence-electron chi connectivity index (χ0n) is 18.7. The van der Waals surface area contributed by atoms with Crippen LogP contribution in [0.4, 0.5) is 0 Å². The van der Waals surface area contributed by atoms with E-state index in [1.54, 1.807) is 0 Å². The molecule has 0 aromatic heterocycles. The Hall–Kier alpha value is -3.71. The number of rotatable bonds is 2. The molecule has 0 fully saturated rings. The van der Waals surface area contributed by atoms with Crippen molar-refractivity contribution < 1.29 is 4.79 Å². The summed E-state index contributed by atoms with van der Waals surface area (Å²) < 4.78 is 0. The first-order valence-electron chi connectivity index (χ1n) is 11.7. The number of hydrogen-bond acceptors (Lipinski definition) is 1. The predicted molar refractivity (Wildman–Crippen MR) is 139 cm³/mol. The van der Waals surface area contributed by atoms with Gasteiger partial charge in [-0.2, -0.15) is 0 Å². The van der Waals surface area contributed by atoms with Gasteiger partial charge in [0.1, 0.15) is 0 Å². The SMILES string of the molecule is O=C1c2cccc3cccc(c23)C1(C1\C=C/C=C\C=C\C=C/C1)C1\C=C/C=C\C=C\C=C/C1. The molecular weight excluding hydrogens is 400 g/mol. The monoisotopic (exact) mass is 428 g/mol. The van der Waals surface area contributed by atoms with Crippen molar-refractivity contribution in [2.24, 2.45) is 11.8 Å². The third kappa shape index (κ3) is 3.74. The molecule has 5 rings (SSSR count). The summed E-state index contributed by atoms with van der Waals surface area (Å²) in [4.78, 5) is 14.5. The summed E-state index contributed by atoms with van der Waals surface area (Å²) in [5.41, 5.74) is 1.36. The van der Waals surface area contributed by atoms with Crippen LogP contribution in [0.3, 0.4) is 0 Å². The summed E-state index contributed by atoms with van der Waals surface area (Å²) in [5, 5.41) is 2.27. The summed E-state index contributed by atoms with van der Waals surface area (Å²) in [7, 11) is 0. The van der Waals surface area contributed by atoms with Gasteiger partial charge in [0.15, 0.2) is 5.78 Å². The summed E-state index contributed by atoms with van der Waals surface area (Å²) in [6.07, 6.45) is 35.2. The minimum Gasteiger partial charge on any atom is -0.293 e. The van der Waals surface area contributed by atoms with E-state index in [-0.39, 0.29) is 17.6 Å². The van der Waals surface area contributed by atoms with Gasteiger partial charge in [0.25, 0.3) is 0 Å². The number of carbonyl (C=O) groups excluding carboxylic acids is 1. The van der Waals surface area contributed by atoms with Gasteiger partial charge in [-0.3, -0.25) is 4.79 Å². The number of carbonyl (C=O) groups is 1. The molecule has 0 spiro atoms. The summed E-state index contributed by atoms with van der Waals surface area (Å²) >= 11 is 0. The number of ketones is 1. The van der Waals surface area contributed by atoms with Gasteiger partial charge in [-0.25, -0.2) is 0 Å². The van der Waals surface area contributed by atoms with Gasteiger partial charge in [0.2, 0.25) is 0 Å². The van der Waals surface area contributed by atoms with Crippen LogP contribution in [-0.4, -0.2) is 5.78 Å². The Morgan fingerprint density at radius 1 is 0.606 bits per heavy atom. The molecule has 1 nitrogen and oxygen atoms in total. The lowest BCUT2D eigenvalue weighted by Gasteiger charge is -2.41. The number of Topliss-reactive ketones (excluding diaryl/α,β-unsaturated/α-hetero) is 1. The maximum Gasteiger partial charge on any atom is 0.175 e. The smallest absolute Gasteiger partial charge is 0.175 e. The molecule has 2 aromatic rings. The normalized spacial score (nSPS) is 34.1. The number of allylic oxidation sites excluding steroid dienone is 16. The summed E-state index contributed by atoms with van der Waals surface area (Å²) in [5.74, 6) is 0.301. The Morgan fingerprint density at radius 3 is 1.73 bits per heavy atom. The third-order valence-electron chi connectivity index (χ3n) is 6.99. The predicted octanol–water partition coefficient (Wildman–Crippen LogP) is 7.76. The zero-order valence-corrected chi connectivity index (χ0v) is 18.7. The van der Waals surface area contributed by atoms with E-state index in [2.05, 4.69) is 97.2 Å². The minimum absolute atomic E-state index is 0.0286. The molecule has 0 bridgehead atoms. The first-order valence-corrected chi connectivity index (χ1v) is 11.7. The van der Waals surface area contributed by atoms with Crippen LogP contribution in [0.5, 0.6) is 0 Å². The van der Waals surface area contributed by atoms with Gasteiger partial charge >= 0.3 is 0 Å². The van der Waals surface area contributed by atoms with Crippen LogP contribution in [0.1, 0.15) is 28.8 Å². The van der Waals surface area contributed by atoms with E-state index in [0.717, 1.165) is 29.2 Å². The molecule has 0 saturated carbocycles. The Labute approximate surface area is 196 Å². The Balaban J connectivity index is 1.76. The quantitative estimate of drug-likeness (QED) is 0.478. The standard InChI is InChI=1S/C32H28O/c33-31-28-23-15-17-25-18-16-24-29(30(25)28)32(31,26-19-11-7-3-1-4-8-12-20-26)27-21-13-9-5-2-6-10-14-22-27/h1-19,21,23-24,26-27H,20,22H2/b4-1+,6-2+,7-3-,9-5-,12-8-,14-10-,19-11-,21-13-. The molecule has 0 N–H and O–H groups in total. The molecule has 0 radical (unpaired) electrons. The molecule has 33 heavy (non-hydrogen) atoms. The van der Waals surface area contributed by atoms with Crippen molar-refractivity contribution in [3.63, 3.8) is 0 Å². The molecule has 0 amide bonds. The van der Waals surface area contributed by atoms with E-state index in [1.807, 2.05) is 36.4 Å². The zero-order chi connectivity index (χ0) is 22.5. The highest BCUT2D eigenvalue weighted by atomic mass is 16.1. The van der Waals surface area contributed by atoms with E-state index in [4.69, 9.17) is 0 Å². The van der Waals surface area contributed by atoms with Crippen molar-refractivity contribution in [2.45, 2.75) is 18.3 Å². The third-order valence-corrected chi connectivity index (χ3v) is 6.99. The van der Waals surface area contributed by atoms with E-state index in [0.29, 0.717) is 0 Å². The second kappa shape index (κ2) is 9.42. The molecule has 162 valence electrons. The first kappa shape index (κ1) is 21.2. The lowest BCUT2D eigenvalue weighted by atomic mass is 9.59. The van der Waals surface area contributed by atoms with E-state index in [1.165, 1.54) is 5.56 Å². The molecule has 0 saturated heterocycles. The second-order valence-corrected chi connectivity index (χ2v) is 8.76. The molecular formula is C32H28O. The van der Waals surface area contributed by atoms with Crippen molar-refractivity contribution in [1.82, 2.24) is 0 Å². The molecule has 3 aliphatic carbocycles. The van der Waals surface area contributed by atoms with Crippen molar-refractivity contribution in [1.29, 1.82) is 0 Å². The number of benzene rings is 2. The average molecular weight is 429 g/mol. The molecule has 2 atom stereocenters. The van der Waals surface area contributed by atoms with Crippen LogP contribution in [0.2, 0.25) is 0 Å². The van der Waals surface area contributed by atoms with Gasteiger partial charge in [-0.05, 0) is 41.0 Å². The van der Waals surface area contributed by atoms with Gasteiger partial charge in [-0.15, -0.1) is 0 Å². The summed E-state index contributed by atoms with van der Waals surface area (Å²) in [6.45, 7) is 0. The average Bonchev–Trinajstić information content (AvgIpc) is 3.11. The molecule has 0 heterocycles. The van der Waals surface area contributed by atoms with E-state index >= 15 is 0 Å². The highest BCUT2D eigenvalue weighted by molar-refractivity contribution is 6.21. The van der Waals surface area contributed by atoms with Crippen molar-refractivity contribution in [3.8, 4) is 0 Å².